The summed E-state index contributed by atoms with van der Waals surface area (Å²) in [6.07, 6.45) is 5.48. The van der Waals surface area contributed by atoms with E-state index in [0.717, 1.165) is 22.2 Å². The third-order valence-electron chi connectivity index (χ3n) is 4.32. The highest BCUT2D eigenvalue weighted by atomic mass is 28.3. The topological polar surface area (TPSA) is 39.9 Å². The van der Waals surface area contributed by atoms with Gasteiger partial charge in [-0.3, -0.25) is 4.98 Å². The number of ether oxygens (including phenoxy) is 1. The molecule has 0 bridgehead atoms. The summed E-state index contributed by atoms with van der Waals surface area (Å²) in [5, 5.41) is 0. The van der Waals surface area contributed by atoms with Crippen LogP contribution in [0.25, 0.3) is 22.2 Å². The van der Waals surface area contributed by atoms with E-state index in [1.807, 2.05) is 30.9 Å². The Morgan fingerprint density at radius 2 is 1.83 bits per heavy atom. The first-order valence-corrected chi connectivity index (χ1v) is 11.5. The van der Waals surface area contributed by atoms with Crippen molar-refractivity contribution in [1.29, 1.82) is 0 Å². The summed E-state index contributed by atoms with van der Waals surface area (Å²) in [7, 11) is -1.28. The number of pyridine rings is 1. The van der Waals surface area contributed by atoms with Gasteiger partial charge >= 0.3 is 0 Å². The molecule has 0 saturated heterocycles. The van der Waals surface area contributed by atoms with Crippen LogP contribution in [0.1, 0.15) is 6.92 Å². The van der Waals surface area contributed by atoms with Gasteiger partial charge in [-0.05, 0) is 42.3 Å². The Kier molecular flexibility index (Phi) is 4.32. The second kappa shape index (κ2) is 6.26. The molecule has 120 valence electrons. The maximum atomic E-state index is 6.05. The first-order chi connectivity index (χ1) is 10.9. The van der Waals surface area contributed by atoms with E-state index in [4.69, 9.17) is 4.74 Å². The number of fused-ring (bicyclic) bond motifs is 1. The summed E-state index contributed by atoms with van der Waals surface area (Å²) in [5.74, 6) is 0. The van der Waals surface area contributed by atoms with Gasteiger partial charge in [-0.1, -0.05) is 25.7 Å². The van der Waals surface area contributed by atoms with E-state index >= 15 is 0 Å². The quantitative estimate of drug-likeness (QED) is 0.655. The molecule has 1 atom stereocenters. The van der Waals surface area contributed by atoms with Crippen LogP contribution < -0.4 is 0 Å². The van der Waals surface area contributed by atoms with Crippen LogP contribution in [0.15, 0.2) is 49.1 Å². The molecule has 1 aromatic carbocycles. The van der Waals surface area contributed by atoms with E-state index in [-0.39, 0.29) is 0 Å². The first-order valence-electron chi connectivity index (χ1n) is 7.92. The maximum Gasteiger partial charge on any atom is 0.124 e. The number of rotatable bonds is 5. The molecule has 0 aliphatic rings. The van der Waals surface area contributed by atoms with Crippen LogP contribution in [0.5, 0.6) is 0 Å². The summed E-state index contributed by atoms with van der Waals surface area (Å²) < 4.78 is 8.12. The molecule has 3 aromatic rings. The van der Waals surface area contributed by atoms with Crippen molar-refractivity contribution in [3.8, 4) is 11.1 Å². The Morgan fingerprint density at radius 1 is 1.09 bits per heavy atom. The predicted molar refractivity (Wildman–Crippen MR) is 96.9 cm³/mol. The molecule has 5 heteroatoms. The fourth-order valence-electron chi connectivity index (χ4n) is 2.33. The zero-order chi connectivity index (χ0) is 16.4. The summed E-state index contributed by atoms with van der Waals surface area (Å²) in [5.41, 5.74) is 4.71. The van der Waals surface area contributed by atoms with Gasteiger partial charge in [0, 0.05) is 18.1 Å². The maximum absolute atomic E-state index is 6.05. The zero-order valence-electron chi connectivity index (χ0n) is 14.2. The second-order valence-corrected chi connectivity index (χ2v) is 12.5. The predicted octanol–water partition coefficient (Wildman–Crippen LogP) is 4.34. The highest BCUT2D eigenvalue weighted by molar-refractivity contribution is 6.77. The van der Waals surface area contributed by atoms with E-state index in [1.54, 1.807) is 0 Å². The summed E-state index contributed by atoms with van der Waals surface area (Å²) in [6.45, 7) is 9.70. The molecule has 4 nitrogen and oxygen atoms in total. The van der Waals surface area contributed by atoms with Crippen LogP contribution in [0.4, 0.5) is 0 Å². The SMILES string of the molecule is CC(OCn1cnc2cc(-c3ccncc3)ccc21)[Si](C)(C)C. The Balaban J connectivity index is 1.82. The van der Waals surface area contributed by atoms with Crippen molar-refractivity contribution in [1.82, 2.24) is 14.5 Å². The smallest absolute Gasteiger partial charge is 0.124 e. The third kappa shape index (κ3) is 3.51. The second-order valence-electron chi connectivity index (χ2n) is 6.96. The van der Waals surface area contributed by atoms with E-state index in [0.29, 0.717) is 12.5 Å². The molecule has 2 aromatic heterocycles. The number of hydrogen-bond acceptors (Lipinski definition) is 3. The highest BCUT2D eigenvalue weighted by Crippen LogP contribution is 2.23. The Hall–Kier alpha value is -1.98. The minimum absolute atomic E-state index is 0.316. The fraction of sp³-hybridized carbons (Fsp3) is 0.333. The molecular weight excluding hydrogens is 302 g/mol. The van der Waals surface area contributed by atoms with Crippen LogP contribution >= 0.6 is 0 Å². The van der Waals surface area contributed by atoms with Gasteiger partial charge in [0.25, 0.3) is 0 Å². The lowest BCUT2D eigenvalue weighted by Gasteiger charge is -2.25. The van der Waals surface area contributed by atoms with Crippen molar-refractivity contribution in [2.24, 2.45) is 0 Å². The van der Waals surface area contributed by atoms with Gasteiger partial charge in [-0.2, -0.15) is 0 Å². The molecule has 0 spiro atoms. The van der Waals surface area contributed by atoms with E-state index in [2.05, 4.69) is 59.3 Å². The van der Waals surface area contributed by atoms with Crippen molar-refractivity contribution in [3.05, 3.63) is 49.1 Å². The lowest BCUT2D eigenvalue weighted by atomic mass is 10.1. The van der Waals surface area contributed by atoms with Crippen molar-refractivity contribution >= 4 is 19.1 Å². The molecule has 0 fully saturated rings. The monoisotopic (exact) mass is 325 g/mol. The average molecular weight is 325 g/mol. The lowest BCUT2D eigenvalue weighted by molar-refractivity contribution is 0.0589. The van der Waals surface area contributed by atoms with E-state index in [1.165, 1.54) is 0 Å². The number of benzene rings is 1. The highest BCUT2D eigenvalue weighted by Gasteiger charge is 2.23. The zero-order valence-corrected chi connectivity index (χ0v) is 15.2. The van der Waals surface area contributed by atoms with Gasteiger partial charge in [-0.25, -0.2) is 4.98 Å². The van der Waals surface area contributed by atoms with Crippen molar-refractivity contribution < 1.29 is 4.74 Å². The van der Waals surface area contributed by atoms with Gasteiger partial charge in [0.15, 0.2) is 0 Å². The number of imidazole rings is 1. The van der Waals surface area contributed by atoms with Gasteiger partial charge in [0.2, 0.25) is 0 Å². The number of hydrogen-bond donors (Lipinski definition) is 0. The fourth-order valence-corrected chi connectivity index (χ4v) is 2.91. The molecule has 0 N–H and O–H groups in total. The van der Waals surface area contributed by atoms with Gasteiger partial charge in [0.1, 0.15) is 6.73 Å². The minimum atomic E-state index is -1.28. The Morgan fingerprint density at radius 3 is 2.52 bits per heavy atom. The molecule has 23 heavy (non-hydrogen) atoms. The molecular formula is C18H23N3OSi. The molecule has 1 unspecified atom stereocenters. The number of aromatic nitrogens is 3. The molecule has 0 aliphatic heterocycles. The standard InChI is InChI=1S/C18H23N3OSi/c1-14(23(2,3)4)22-13-21-12-20-17-11-16(5-6-18(17)21)15-7-9-19-10-8-15/h5-12,14H,13H2,1-4H3. The minimum Gasteiger partial charge on any atom is -0.361 e. The molecule has 0 saturated carbocycles. The van der Waals surface area contributed by atoms with Crippen molar-refractivity contribution in [3.63, 3.8) is 0 Å². The number of nitrogens with zero attached hydrogens (tertiary/aromatic N) is 3. The molecule has 0 radical (unpaired) electrons. The molecule has 2 heterocycles. The van der Waals surface area contributed by atoms with Crippen LogP contribution in [0, 0.1) is 0 Å². The van der Waals surface area contributed by atoms with Gasteiger partial charge < -0.3 is 9.30 Å². The van der Waals surface area contributed by atoms with Gasteiger partial charge in [-0.15, -0.1) is 0 Å². The Labute approximate surface area is 138 Å². The summed E-state index contributed by atoms with van der Waals surface area (Å²) >= 11 is 0. The van der Waals surface area contributed by atoms with E-state index < -0.39 is 8.07 Å². The largest absolute Gasteiger partial charge is 0.361 e. The van der Waals surface area contributed by atoms with Crippen LogP contribution in [-0.4, -0.2) is 28.3 Å². The van der Waals surface area contributed by atoms with Crippen LogP contribution in [0.3, 0.4) is 0 Å². The van der Waals surface area contributed by atoms with Crippen LogP contribution in [0.2, 0.25) is 19.6 Å². The van der Waals surface area contributed by atoms with Crippen molar-refractivity contribution in [2.75, 3.05) is 0 Å². The lowest BCUT2D eigenvalue weighted by Crippen LogP contribution is -2.38. The first kappa shape index (κ1) is 15.9. The Bertz CT molecular complexity index is 793. The summed E-state index contributed by atoms with van der Waals surface area (Å²) in [6, 6.07) is 10.4. The van der Waals surface area contributed by atoms with E-state index in [9.17, 15) is 0 Å². The van der Waals surface area contributed by atoms with Gasteiger partial charge in [0.05, 0.1) is 25.4 Å². The van der Waals surface area contributed by atoms with Crippen molar-refractivity contribution in [2.45, 2.75) is 39.0 Å². The summed E-state index contributed by atoms with van der Waals surface area (Å²) in [4.78, 5) is 8.59. The third-order valence-corrected chi connectivity index (χ3v) is 6.92. The molecule has 0 aliphatic carbocycles. The average Bonchev–Trinajstić information content (AvgIpc) is 2.94. The molecule has 3 rings (SSSR count). The van der Waals surface area contributed by atoms with Crippen LogP contribution in [-0.2, 0) is 11.5 Å². The molecule has 0 amide bonds. The normalized spacial score (nSPS) is 13.4.